The van der Waals surface area contributed by atoms with Gasteiger partial charge in [0.2, 0.25) is 5.91 Å². The molecule has 0 unspecified atom stereocenters. The van der Waals surface area contributed by atoms with Gasteiger partial charge < -0.3 is 10.4 Å². The lowest BCUT2D eigenvalue weighted by atomic mass is 10.1. The Morgan fingerprint density at radius 3 is 2.67 bits per heavy atom. The van der Waals surface area contributed by atoms with Gasteiger partial charge in [-0.3, -0.25) is 9.59 Å². The number of aliphatic imine (C=N–C) groups is 1. The van der Waals surface area contributed by atoms with Crippen LogP contribution in [-0.2, 0) is 4.79 Å². The van der Waals surface area contributed by atoms with Gasteiger partial charge in [0.25, 0.3) is 5.91 Å². The number of benzene rings is 1. The van der Waals surface area contributed by atoms with Crippen molar-refractivity contribution in [2.24, 2.45) is 4.99 Å². The lowest BCUT2D eigenvalue weighted by Crippen LogP contribution is -2.07. The summed E-state index contributed by atoms with van der Waals surface area (Å²) in [4.78, 5) is 25.1. The molecular weight excluding hydrogens is 196 g/mol. The van der Waals surface area contributed by atoms with Crippen LogP contribution in [0.1, 0.15) is 17.3 Å². The van der Waals surface area contributed by atoms with Crippen LogP contribution in [0.3, 0.4) is 0 Å². The second kappa shape index (κ2) is 4.36. The van der Waals surface area contributed by atoms with E-state index >= 15 is 0 Å². The quantitative estimate of drug-likeness (QED) is 0.563. The van der Waals surface area contributed by atoms with Crippen molar-refractivity contribution >= 4 is 24.2 Å². The molecule has 0 aliphatic heterocycles. The first-order valence-electron chi connectivity index (χ1n) is 4.17. The maximum atomic E-state index is 11.2. The molecule has 1 aromatic rings. The highest BCUT2D eigenvalue weighted by Gasteiger charge is 2.13. The van der Waals surface area contributed by atoms with Crippen LogP contribution in [0.5, 0.6) is 5.75 Å². The lowest BCUT2D eigenvalue weighted by Gasteiger charge is -2.07. The van der Waals surface area contributed by atoms with Crippen LogP contribution < -0.4 is 5.32 Å². The summed E-state index contributed by atoms with van der Waals surface area (Å²) in [6.07, 6.45) is 0. The summed E-state index contributed by atoms with van der Waals surface area (Å²) in [5, 5.41) is 12.0. The number of phenolic OH excluding ortho intramolecular Hbond substituents is 1. The number of carbonyl (C=O) groups excluding carboxylic acids is 2. The highest BCUT2D eigenvalue weighted by molar-refractivity contribution is 6.02. The van der Waals surface area contributed by atoms with Gasteiger partial charge in [-0.2, -0.15) is 0 Å². The Balaban J connectivity index is 3.16. The Morgan fingerprint density at radius 1 is 1.47 bits per heavy atom. The topological polar surface area (TPSA) is 78.8 Å². The van der Waals surface area contributed by atoms with Gasteiger partial charge in [0, 0.05) is 6.92 Å². The Labute approximate surface area is 86.5 Å². The molecule has 0 saturated heterocycles. The highest BCUT2D eigenvalue weighted by atomic mass is 16.3. The summed E-state index contributed by atoms with van der Waals surface area (Å²) in [6.45, 7) is 4.38. The number of amides is 2. The third-order valence-electron chi connectivity index (χ3n) is 1.72. The molecule has 1 rings (SSSR count). The fraction of sp³-hybridized carbons (Fsp3) is 0.100. The third-order valence-corrected chi connectivity index (χ3v) is 1.72. The fourth-order valence-electron chi connectivity index (χ4n) is 1.09. The van der Waals surface area contributed by atoms with Crippen molar-refractivity contribution in [3.05, 3.63) is 23.8 Å². The molecule has 78 valence electrons. The number of nitrogens with one attached hydrogen (secondary N) is 1. The van der Waals surface area contributed by atoms with E-state index in [9.17, 15) is 14.7 Å². The number of aromatic hydroxyl groups is 1. The van der Waals surface area contributed by atoms with E-state index in [2.05, 4.69) is 17.0 Å². The summed E-state index contributed by atoms with van der Waals surface area (Å²) in [5.41, 5.74) is 0.188. The molecule has 0 heterocycles. The van der Waals surface area contributed by atoms with E-state index in [0.717, 1.165) is 0 Å². The first-order valence-corrected chi connectivity index (χ1v) is 4.17. The normalized spacial score (nSPS) is 9.40. The van der Waals surface area contributed by atoms with Crippen molar-refractivity contribution < 1.29 is 14.7 Å². The largest absolute Gasteiger partial charge is 0.505 e. The average molecular weight is 206 g/mol. The molecular formula is C10H10N2O3. The first kappa shape index (κ1) is 10.9. The Kier molecular flexibility index (Phi) is 3.17. The van der Waals surface area contributed by atoms with Gasteiger partial charge in [0.15, 0.2) is 5.75 Å². The standard InChI is InChI=1S/C10H10N2O3/c1-6(13)12-8-5-3-4-7(9(8)14)10(15)11-2/h3-5,14H,2H2,1H3,(H,12,13). The molecule has 15 heavy (non-hydrogen) atoms. The molecule has 0 spiro atoms. The number of rotatable bonds is 2. The van der Waals surface area contributed by atoms with E-state index in [0.29, 0.717) is 0 Å². The van der Waals surface area contributed by atoms with E-state index in [-0.39, 0.29) is 22.9 Å². The number of anilines is 1. The molecule has 0 atom stereocenters. The van der Waals surface area contributed by atoms with Crippen LogP contribution in [0, 0.1) is 0 Å². The van der Waals surface area contributed by atoms with Crippen LogP contribution in [-0.4, -0.2) is 23.6 Å². The van der Waals surface area contributed by atoms with Gasteiger partial charge in [0.05, 0.1) is 11.3 Å². The number of carbonyl (C=O) groups is 2. The van der Waals surface area contributed by atoms with Crippen molar-refractivity contribution in [3.63, 3.8) is 0 Å². The minimum Gasteiger partial charge on any atom is -0.505 e. The zero-order valence-corrected chi connectivity index (χ0v) is 8.15. The molecule has 2 N–H and O–H groups in total. The molecule has 0 fully saturated rings. The Hall–Kier alpha value is -2.17. The van der Waals surface area contributed by atoms with Crippen molar-refractivity contribution in [2.75, 3.05) is 5.32 Å². The summed E-state index contributed by atoms with van der Waals surface area (Å²) in [7, 11) is 0. The van der Waals surface area contributed by atoms with Crippen LogP contribution in [0.4, 0.5) is 5.69 Å². The van der Waals surface area contributed by atoms with Crippen LogP contribution >= 0.6 is 0 Å². The Morgan fingerprint density at radius 2 is 2.13 bits per heavy atom. The van der Waals surface area contributed by atoms with Crippen molar-refractivity contribution in [1.82, 2.24) is 0 Å². The van der Waals surface area contributed by atoms with Crippen LogP contribution in [0.15, 0.2) is 23.2 Å². The van der Waals surface area contributed by atoms with Crippen molar-refractivity contribution in [3.8, 4) is 5.75 Å². The highest BCUT2D eigenvalue weighted by Crippen LogP contribution is 2.27. The van der Waals surface area contributed by atoms with Gasteiger partial charge in [-0.1, -0.05) is 6.07 Å². The Bertz CT molecular complexity index is 427. The van der Waals surface area contributed by atoms with Gasteiger partial charge in [-0.25, -0.2) is 4.99 Å². The number of para-hydroxylation sites is 1. The minimum atomic E-state index is -0.639. The summed E-state index contributed by atoms with van der Waals surface area (Å²) >= 11 is 0. The summed E-state index contributed by atoms with van der Waals surface area (Å²) in [6, 6.07) is 4.41. The predicted octanol–water partition coefficient (Wildman–Crippen LogP) is 1.19. The third kappa shape index (κ3) is 2.40. The second-order valence-corrected chi connectivity index (χ2v) is 2.85. The average Bonchev–Trinajstić information content (AvgIpc) is 2.19. The molecule has 5 nitrogen and oxygen atoms in total. The molecule has 2 amide bonds. The smallest absolute Gasteiger partial charge is 0.280 e. The second-order valence-electron chi connectivity index (χ2n) is 2.85. The number of hydrogen-bond acceptors (Lipinski definition) is 3. The first-order chi connectivity index (χ1) is 7.06. The van der Waals surface area contributed by atoms with E-state index in [1.807, 2.05) is 0 Å². The van der Waals surface area contributed by atoms with E-state index in [1.54, 1.807) is 0 Å². The van der Waals surface area contributed by atoms with Crippen molar-refractivity contribution in [2.45, 2.75) is 6.92 Å². The fourth-order valence-corrected chi connectivity index (χ4v) is 1.09. The number of hydrogen-bond donors (Lipinski definition) is 2. The van der Waals surface area contributed by atoms with Crippen LogP contribution in [0.2, 0.25) is 0 Å². The molecule has 0 aliphatic carbocycles. The van der Waals surface area contributed by atoms with Crippen LogP contribution in [0.25, 0.3) is 0 Å². The maximum absolute atomic E-state index is 11.2. The molecule has 0 aromatic heterocycles. The van der Waals surface area contributed by atoms with E-state index in [4.69, 9.17) is 0 Å². The molecule has 0 aliphatic rings. The number of nitrogens with zero attached hydrogens (tertiary/aromatic N) is 1. The predicted molar refractivity (Wildman–Crippen MR) is 56.3 cm³/mol. The van der Waals surface area contributed by atoms with E-state index < -0.39 is 5.91 Å². The van der Waals surface area contributed by atoms with Gasteiger partial charge in [0.1, 0.15) is 0 Å². The molecule has 5 heteroatoms. The zero-order chi connectivity index (χ0) is 11.4. The summed E-state index contributed by atoms with van der Waals surface area (Å²) in [5.74, 6) is -1.27. The van der Waals surface area contributed by atoms with E-state index in [1.165, 1.54) is 25.1 Å². The molecule has 0 saturated carbocycles. The molecule has 0 radical (unpaired) electrons. The van der Waals surface area contributed by atoms with Crippen molar-refractivity contribution in [1.29, 1.82) is 0 Å². The SMILES string of the molecule is C=NC(=O)c1cccc(NC(C)=O)c1O. The summed E-state index contributed by atoms with van der Waals surface area (Å²) < 4.78 is 0. The molecule has 0 bridgehead atoms. The zero-order valence-electron chi connectivity index (χ0n) is 8.15. The maximum Gasteiger partial charge on any atom is 0.280 e. The number of phenols is 1. The van der Waals surface area contributed by atoms with Gasteiger partial charge in [-0.05, 0) is 18.9 Å². The van der Waals surface area contributed by atoms with Gasteiger partial charge in [-0.15, -0.1) is 0 Å². The van der Waals surface area contributed by atoms with Gasteiger partial charge >= 0.3 is 0 Å². The molecule has 1 aromatic carbocycles. The lowest BCUT2D eigenvalue weighted by molar-refractivity contribution is -0.114. The monoisotopic (exact) mass is 206 g/mol. The minimum absolute atomic E-state index is 0.0104.